The summed E-state index contributed by atoms with van der Waals surface area (Å²) in [5.41, 5.74) is 8.16. The zero-order valence-corrected chi connectivity index (χ0v) is 13.3. The normalized spacial score (nSPS) is 24.6. The lowest BCUT2D eigenvalue weighted by atomic mass is 10.1. The molecule has 1 aliphatic rings. The molecule has 1 fully saturated rings. The minimum atomic E-state index is 0.324. The summed E-state index contributed by atoms with van der Waals surface area (Å²) < 4.78 is 6.90. The lowest BCUT2D eigenvalue weighted by Crippen LogP contribution is -2.47. The molecule has 106 valence electrons. The molecule has 1 saturated heterocycles. The van der Waals surface area contributed by atoms with Crippen LogP contribution in [0.25, 0.3) is 0 Å². The van der Waals surface area contributed by atoms with Crippen LogP contribution >= 0.6 is 15.9 Å². The Hall–Kier alpha value is -0.420. The molecule has 0 bridgehead atoms. The third-order valence-corrected chi connectivity index (χ3v) is 4.52. The maximum absolute atomic E-state index is 5.75. The van der Waals surface area contributed by atoms with Gasteiger partial charge in [-0.2, -0.15) is 0 Å². The van der Waals surface area contributed by atoms with Crippen LogP contribution in [0.2, 0.25) is 0 Å². The minimum Gasteiger partial charge on any atom is -0.376 e. The molecular formula is C15H23BrN2O. The summed E-state index contributed by atoms with van der Waals surface area (Å²) in [6, 6.07) is 6.95. The van der Waals surface area contributed by atoms with Gasteiger partial charge in [-0.3, -0.25) is 4.90 Å². The number of rotatable bonds is 4. The van der Waals surface area contributed by atoms with Gasteiger partial charge in [-0.05, 0) is 30.5 Å². The average molecular weight is 327 g/mol. The largest absolute Gasteiger partial charge is 0.376 e. The molecule has 0 aromatic heterocycles. The minimum absolute atomic E-state index is 0.324. The van der Waals surface area contributed by atoms with Gasteiger partial charge in [-0.15, -0.1) is 0 Å². The van der Waals surface area contributed by atoms with Crippen LogP contribution in [0.15, 0.2) is 22.7 Å². The van der Waals surface area contributed by atoms with Crippen molar-refractivity contribution in [2.45, 2.75) is 45.5 Å². The molecular weight excluding hydrogens is 304 g/mol. The number of ether oxygens (including phenoxy) is 1. The van der Waals surface area contributed by atoms with Gasteiger partial charge in [-0.25, -0.2) is 0 Å². The fourth-order valence-corrected chi connectivity index (χ4v) is 3.10. The molecule has 2 atom stereocenters. The highest BCUT2D eigenvalue weighted by atomic mass is 79.9. The molecule has 19 heavy (non-hydrogen) atoms. The first-order valence-electron chi connectivity index (χ1n) is 6.97. The summed E-state index contributed by atoms with van der Waals surface area (Å²) in [6.45, 7) is 7.78. The predicted molar refractivity (Wildman–Crippen MR) is 81.9 cm³/mol. The van der Waals surface area contributed by atoms with Crippen molar-refractivity contribution >= 4 is 15.9 Å². The van der Waals surface area contributed by atoms with Gasteiger partial charge >= 0.3 is 0 Å². The second-order valence-corrected chi connectivity index (χ2v) is 6.12. The number of halogens is 1. The Morgan fingerprint density at radius 2 is 2.26 bits per heavy atom. The van der Waals surface area contributed by atoms with Crippen LogP contribution in [0.3, 0.4) is 0 Å². The zero-order chi connectivity index (χ0) is 13.8. The van der Waals surface area contributed by atoms with Gasteiger partial charge < -0.3 is 10.5 Å². The van der Waals surface area contributed by atoms with E-state index in [1.165, 1.54) is 5.56 Å². The van der Waals surface area contributed by atoms with E-state index in [0.717, 1.165) is 36.2 Å². The van der Waals surface area contributed by atoms with Crippen LogP contribution in [-0.2, 0) is 17.8 Å². The molecule has 3 nitrogen and oxygen atoms in total. The molecule has 0 radical (unpaired) electrons. The summed E-state index contributed by atoms with van der Waals surface area (Å²) in [6.07, 6.45) is 1.45. The van der Waals surface area contributed by atoms with Gasteiger partial charge in [0.05, 0.1) is 12.7 Å². The van der Waals surface area contributed by atoms with Gasteiger partial charge in [0.25, 0.3) is 0 Å². The van der Waals surface area contributed by atoms with E-state index in [-0.39, 0.29) is 0 Å². The van der Waals surface area contributed by atoms with E-state index in [2.05, 4.69) is 52.9 Å². The van der Waals surface area contributed by atoms with Crippen molar-refractivity contribution in [1.82, 2.24) is 4.90 Å². The highest BCUT2D eigenvalue weighted by Gasteiger charge is 2.25. The zero-order valence-electron chi connectivity index (χ0n) is 11.7. The third kappa shape index (κ3) is 3.78. The fraction of sp³-hybridized carbons (Fsp3) is 0.600. The highest BCUT2D eigenvalue weighted by molar-refractivity contribution is 9.10. The smallest absolute Gasteiger partial charge is 0.0674 e. The molecule has 2 rings (SSSR count). The standard InChI is InChI=1S/C15H23BrN2O/c1-3-14-10-19-11(2)8-18(14)9-13-5-4-12(7-17)6-15(13)16/h4-6,11,14H,3,7-10,17H2,1-2H3. The summed E-state index contributed by atoms with van der Waals surface area (Å²) in [5.74, 6) is 0. The van der Waals surface area contributed by atoms with Crippen molar-refractivity contribution in [3.05, 3.63) is 33.8 Å². The first kappa shape index (κ1) is 15.0. The fourth-order valence-electron chi connectivity index (χ4n) is 2.55. The second-order valence-electron chi connectivity index (χ2n) is 5.27. The van der Waals surface area contributed by atoms with Crippen molar-refractivity contribution in [2.24, 2.45) is 5.73 Å². The Bertz CT molecular complexity index is 425. The van der Waals surface area contributed by atoms with Gasteiger partial charge in [0, 0.05) is 30.1 Å². The molecule has 4 heteroatoms. The molecule has 1 aromatic rings. The van der Waals surface area contributed by atoms with Gasteiger partial charge in [0.15, 0.2) is 0 Å². The molecule has 2 N–H and O–H groups in total. The Labute approximate surface area is 124 Å². The van der Waals surface area contributed by atoms with Crippen LogP contribution < -0.4 is 5.73 Å². The maximum Gasteiger partial charge on any atom is 0.0674 e. The van der Waals surface area contributed by atoms with Gasteiger partial charge in [0.2, 0.25) is 0 Å². The van der Waals surface area contributed by atoms with E-state index in [4.69, 9.17) is 10.5 Å². The molecule has 0 amide bonds. The Morgan fingerprint density at radius 1 is 1.47 bits per heavy atom. The molecule has 0 saturated carbocycles. The number of nitrogens with two attached hydrogens (primary N) is 1. The number of morpholine rings is 1. The molecule has 1 aromatic carbocycles. The summed E-state index contributed by atoms with van der Waals surface area (Å²) in [7, 11) is 0. The van der Waals surface area contributed by atoms with E-state index in [0.29, 0.717) is 18.7 Å². The third-order valence-electron chi connectivity index (χ3n) is 3.78. The SMILES string of the molecule is CCC1COC(C)CN1Cc1ccc(CN)cc1Br. The molecule has 0 aliphatic carbocycles. The van der Waals surface area contributed by atoms with E-state index >= 15 is 0 Å². The first-order valence-corrected chi connectivity index (χ1v) is 7.76. The molecule has 1 aliphatic heterocycles. The Morgan fingerprint density at radius 3 is 2.89 bits per heavy atom. The number of hydrogen-bond donors (Lipinski definition) is 1. The quantitative estimate of drug-likeness (QED) is 0.924. The lowest BCUT2D eigenvalue weighted by molar-refractivity contribution is -0.0592. The maximum atomic E-state index is 5.75. The van der Waals surface area contributed by atoms with Gasteiger partial charge in [0.1, 0.15) is 0 Å². The topological polar surface area (TPSA) is 38.5 Å². The van der Waals surface area contributed by atoms with Crippen molar-refractivity contribution in [2.75, 3.05) is 13.2 Å². The lowest BCUT2D eigenvalue weighted by Gasteiger charge is -2.38. The Kier molecular flexibility index (Phi) is 5.39. The highest BCUT2D eigenvalue weighted by Crippen LogP contribution is 2.23. The van der Waals surface area contributed by atoms with Crippen molar-refractivity contribution in [3.63, 3.8) is 0 Å². The Balaban J connectivity index is 2.10. The van der Waals surface area contributed by atoms with E-state index in [1.807, 2.05) is 0 Å². The second kappa shape index (κ2) is 6.84. The first-order chi connectivity index (χ1) is 9.13. The number of nitrogens with zero attached hydrogens (tertiary/aromatic N) is 1. The number of hydrogen-bond acceptors (Lipinski definition) is 3. The van der Waals surface area contributed by atoms with Crippen LogP contribution in [0.5, 0.6) is 0 Å². The van der Waals surface area contributed by atoms with Crippen LogP contribution in [0.4, 0.5) is 0 Å². The summed E-state index contributed by atoms with van der Waals surface area (Å²) in [5, 5.41) is 0. The molecule has 0 spiro atoms. The van der Waals surface area contributed by atoms with Crippen LogP contribution in [0.1, 0.15) is 31.4 Å². The monoisotopic (exact) mass is 326 g/mol. The van der Waals surface area contributed by atoms with Gasteiger partial charge in [-0.1, -0.05) is 35.0 Å². The van der Waals surface area contributed by atoms with Crippen molar-refractivity contribution in [3.8, 4) is 0 Å². The van der Waals surface area contributed by atoms with Crippen LogP contribution in [0, 0.1) is 0 Å². The summed E-state index contributed by atoms with van der Waals surface area (Å²) >= 11 is 3.66. The van der Waals surface area contributed by atoms with Crippen molar-refractivity contribution in [1.29, 1.82) is 0 Å². The van der Waals surface area contributed by atoms with Crippen LogP contribution in [-0.4, -0.2) is 30.2 Å². The van der Waals surface area contributed by atoms with E-state index < -0.39 is 0 Å². The molecule has 2 unspecified atom stereocenters. The average Bonchev–Trinajstić information content (AvgIpc) is 2.41. The predicted octanol–water partition coefficient (Wildman–Crippen LogP) is 2.91. The number of benzene rings is 1. The summed E-state index contributed by atoms with van der Waals surface area (Å²) in [4.78, 5) is 2.52. The van der Waals surface area contributed by atoms with E-state index in [9.17, 15) is 0 Å². The van der Waals surface area contributed by atoms with E-state index in [1.54, 1.807) is 0 Å². The van der Waals surface area contributed by atoms with Crippen molar-refractivity contribution < 1.29 is 4.74 Å². The molecule has 1 heterocycles.